The topological polar surface area (TPSA) is 97.8 Å². The highest BCUT2D eigenvalue weighted by atomic mass is 16.5. The second kappa shape index (κ2) is 10.4. The fourth-order valence-electron chi connectivity index (χ4n) is 3.91. The first-order chi connectivity index (χ1) is 16.8. The van der Waals surface area contributed by atoms with E-state index in [1.807, 2.05) is 38.1 Å². The van der Waals surface area contributed by atoms with Gasteiger partial charge in [-0.1, -0.05) is 23.8 Å². The lowest BCUT2D eigenvalue weighted by molar-refractivity contribution is -0.127. The minimum Gasteiger partial charge on any atom is -0.485 e. The van der Waals surface area contributed by atoms with Crippen LogP contribution in [0, 0.1) is 13.8 Å². The number of anilines is 1. The van der Waals surface area contributed by atoms with Gasteiger partial charge in [-0.15, -0.1) is 0 Å². The van der Waals surface area contributed by atoms with Crippen LogP contribution in [-0.4, -0.2) is 41.8 Å². The summed E-state index contributed by atoms with van der Waals surface area (Å²) in [5.74, 6) is 0.131. The highest BCUT2D eigenvalue weighted by Gasteiger charge is 2.33. The lowest BCUT2D eigenvalue weighted by Gasteiger charge is -2.33. The molecule has 4 rings (SSSR count). The number of pyridine rings is 1. The Kier molecular flexibility index (Phi) is 7.10. The number of amides is 2. The van der Waals surface area contributed by atoms with E-state index in [1.54, 1.807) is 43.6 Å². The van der Waals surface area contributed by atoms with Crippen LogP contribution < -0.4 is 19.7 Å². The summed E-state index contributed by atoms with van der Waals surface area (Å²) in [7, 11) is 0. The van der Waals surface area contributed by atoms with Crippen molar-refractivity contribution in [2.24, 2.45) is 0 Å². The van der Waals surface area contributed by atoms with Crippen molar-refractivity contribution in [2.75, 3.05) is 18.1 Å². The quantitative estimate of drug-likeness (QED) is 0.504. The summed E-state index contributed by atoms with van der Waals surface area (Å²) in [4.78, 5) is 43.9. The molecule has 0 fully saturated rings. The Morgan fingerprint density at radius 2 is 2.00 bits per heavy atom. The van der Waals surface area contributed by atoms with E-state index in [9.17, 15) is 14.4 Å². The summed E-state index contributed by atoms with van der Waals surface area (Å²) >= 11 is 0. The Morgan fingerprint density at radius 1 is 1.17 bits per heavy atom. The van der Waals surface area contributed by atoms with Gasteiger partial charge in [0.25, 0.3) is 5.91 Å². The average Bonchev–Trinajstić information content (AvgIpc) is 2.86. The minimum absolute atomic E-state index is 0.154. The molecule has 0 radical (unpaired) electrons. The highest BCUT2D eigenvalue weighted by Crippen LogP contribution is 2.34. The van der Waals surface area contributed by atoms with Crippen LogP contribution in [0.4, 0.5) is 5.69 Å². The first kappa shape index (κ1) is 23.9. The molecular weight excluding hydrogens is 446 g/mol. The maximum atomic E-state index is 12.9. The van der Waals surface area contributed by atoms with Gasteiger partial charge in [-0.2, -0.15) is 0 Å². The molecule has 3 aromatic rings. The van der Waals surface area contributed by atoms with E-state index in [0.29, 0.717) is 22.7 Å². The van der Waals surface area contributed by atoms with Crippen LogP contribution in [0.3, 0.4) is 0 Å². The van der Waals surface area contributed by atoms with Gasteiger partial charge in [0.15, 0.2) is 19.0 Å². The molecule has 180 valence electrons. The molecule has 2 aromatic carbocycles. The molecule has 2 heterocycles. The molecule has 8 nitrogen and oxygen atoms in total. The van der Waals surface area contributed by atoms with Gasteiger partial charge < -0.3 is 14.8 Å². The SMILES string of the molecule is Cc1ccc(OCC(=O)c2ccc3c(c2)N([C@H](C)C(=O)NCc2cccnc2)C(=O)CO3)c(C)c1. The number of hydrogen-bond acceptors (Lipinski definition) is 6. The number of nitrogens with zero attached hydrogens (tertiary/aromatic N) is 2. The molecule has 2 amide bonds. The number of Topliss-reactive ketones (excluding diaryl/α,β-unsaturated/α-hetero) is 1. The normalized spacial score (nSPS) is 13.5. The van der Waals surface area contributed by atoms with E-state index < -0.39 is 6.04 Å². The van der Waals surface area contributed by atoms with Crippen LogP contribution >= 0.6 is 0 Å². The zero-order valence-electron chi connectivity index (χ0n) is 19.9. The van der Waals surface area contributed by atoms with Crippen LogP contribution in [0.5, 0.6) is 11.5 Å². The molecule has 0 unspecified atom stereocenters. The Labute approximate surface area is 203 Å². The summed E-state index contributed by atoms with van der Waals surface area (Å²) in [5.41, 5.74) is 3.64. The van der Waals surface area contributed by atoms with Crippen molar-refractivity contribution in [3.63, 3.8) is 0 Å². The number of nitrogens with one attached hydrogen (secondary N) is 1. The molecule has 0 spiro atoms. The third-order valence-corrected chi connectivity index (χ3v) is 5.81. The van der Waals surface area contributed by atoms with Crippen LogP contribution in [0.15, 0.2) is 60.9 Å². The molecule has 1 aromatic heterocycles. The van der Waals surface area contributed by atoms with Crippen LogP contribution in [0.1, 0.15) is 34.0 Å². The molecule has 0 saturated carbocycles. The number of ether oxygens (including phenoxy) is 2. The van der Waals surface area contributed by atoms with Crippen molar-refractivity contribution in [3.05, 3.63) is 83.2 Å². The standard InChI is InChI=1S/C27H27N3O5/c1-17-6-8-24(18(2)11-17)34-15-23(31)21-7-9-25-22(12-21)30(26(32)16-35-25)19(3)27(33)29-14-20-5-4-10-28-13-20/h4-13,19H,14-16H2,1-3H3,(H,29,33)/t19-/m1/s1. The Hall–Kier alpha value is -4.20. The summed E-state index contributed by atoms with van der Waals surface area (Å²) in [5, 5.41) is 2.83. The number of benzene rings is 2. The highest BCUT2D eigenvalue weighted by molar-refractivity contribution is 6.05. The molecule has 1 N–H and O–H groups in total. The van der Waals surface area contributed by atoms with Gasteiger partial charge in [-0.25, -0.2) is 0 Å². The Bertz CT molecular complexity index is 1260. The minimum atomic E-state index is -0.807. The summed E-state index contributed by atoms with van der Waals surface area (Å²) < 4.78 is 11.3. The number of aryl methyl sites for hydroxylation is 2. The van der Waals surface area contributed by atoms with E-state index in [0.717, 1.165) is 16.7 Å². The number of rotatable bonds is 8. The van der Waals surface area contributed by atoms with E-state index in [-0.39, 0.29) is 37.4 Å². The molecule has 35 heavy (non-hydrogen) atoms. The van der Waals surface area contributed by atoms with E-state index in [1.165, 1.54) is 4.90 Å². The number of ketones is 1. The molecule has 8 heteroatoms. The van der Waals surface area contributed by atoms with Crippen molar-refractivity contribution >= 4 is 23.3 Å². The van der Waals surface area contributed by atoms with Gasteiger partial charge >= 0.3 is 0 Å². The zero-order chi connectivity index (χ0) is 24.9. The van der Waals surface area contributed by atoms with Crippen molar-refractivity contribution < 1.29 is 23.9 Å². The van der Waals surface area contributed by atoms with Crippen molar-refractivity contribution in [1.82, 2.24) is 10.3 Å². The number of fused-ring (bicyclic) bond motifs is 1. The smallest absolute Gasteiger partial charge is 0.265 e. The first-order valence-corrected chi connectivity index (χ1v) is 11.3. The average molecular weight is 474 g/mol. The molecule has 1 aliphatic heterocycles. The molecule has 0 aliphatic carbocycles. The molecule has 0 bridgehead atoms. The Morgan fingerprint density at radius 3 is 2.74 bits per heavy atom. The number of aromatic nitrogens is 1. The molecular formula is C27H27N3O5. The van der Waals surface area contributed by atoms with Gasteiger partial charge in [-0.3, -0.25) is 24.3 Å². The first-order valence-electron chi connectivity index (χ1n) is 11.3. The van der Waals surface area contributed by atoms with E-state index >= 15 is 0 Å². The van der Waals surface area contributed by atoms with E-state index in [4.69, 9.17) is 9.47 Å². The van der Waals surface area contributed by atoms with Gasteiger partial charge in [0.2, 0.25) is 5.91 Å². The lowest BCUT2D eigenvalue weighted by Crippen LogP contribution is -2.51. The second-order valence-corrected chi connectivity index (χ2v) is 8.47. The number of hydrogen-bond donors (Lipinski definition) is 1. The fourth-order valence-corrected chi connectivity index (χ4v) is 3.91. The van der Waals surface area contributed by atoms with Crippen LogP contribution in [0.25, 0.3) is 0 Å². The summed E-state index contributed by atoms with van der Waals surface area (Å²) in [6.07, 6.45) is 3.32. The Balaban J connectivity index is 1.49. The third kappa shape index (κ3) is 5.48. The van der Waals surface area contributed by atoms with Gasteiger partial charge in [0.1, 0.15) is 17.5 Å². The molecule has 0 saturated heterocycles. The molecule has 1 atom stereocenters. The summed E-state index contributed by atoms with van der Waals surface area (Å²) in [6, 6.07) is 13.4. The van der Waals surface area contributed by atoms with Gasteiger partial charge in [0.05, 0.1) is 5.69 Å². The van der Waals surface area contributed by atoms with E-state index in [2.05, 4.69) is 10.3 Å². The maximum absolute atomic E-state index is 12.9. The van der Waals surface area contributed by atoms with Crippen molar-refractivity contribution in [2.45, 2.75) is 33.4 Å². The predicted octanol–water partition coefficient (Wildman–Crippen LogP) is 3.39. The maximum Gasteiger partial charge on any atom is 0.265 e. The van der Waals surface area contributed by atoms with Crippen molar-refractivity contribution in [3.8, 4) is 11.5 Å². The molecule has 1 aliphatic rings. The van der Waals surface area contributed by atoms with Gasteiger partial charge in [0, 0.05) is 24.5 Å². The lowest BCUT2D eigenvalue weighted by atomic mass is 10.1. The number of carbonyl (C=O) groups excluding carboxylic acids is 3. The van der Waals surface area contributed by atoms with Crippen molar-refractivity contribution in [1.29, 1.82) is 0 Å². The van der Waals surface area contributed by atoms with Crippen LogP contribution in [0.2, 0.25) is 0 Å². The predicted molar refractivity (Wildman–Crippen MR) is 131 cm³/mol. The monoisotopic (exact) mass is 473 g/mol. The largest absolute Gasteiger partial charge is 0.485 e. The number of carbonyl (C=O) groups is 3. The third-order valence-electron chi connectivity index (χ3n) is 5.81. The van der Waals surface area contributed by atoms with Gasteiger partial charge in [-0.05, 0) is 62.2 Å². The fraction of sp³-hybridized carbons (Fsp3) is 0.259. The second-order valence-electron chi connectivity index (χ2n) is 8.47. The zero-order valence-corrected chi connectivity index (χ0v) is 19.9. The summed E-state index contributed by atoms with van der Waals surface area (Å²) in [6.45, 7) is 5.51. The van der Waals surface area contributed by atoms with Crippen LogP contribution in [-0.2, 0) is 16.1 Å².